The fourth-order valence-electron chi connectivity index (χ4n) is 7.43. The van der Waals surface area contributed by atoms with E-state index >= 15 is 0 Å². The molecule has 0 unspecified atom stereocenters. The fourth-order valence-corrected chi connectivity index (χ4v) is 7.43. The highest BCUT2D eigenvalue weighted by Crippen LogP contribution is 2.43. The van der Waals surface area contributed by atoms with Crippen LogP contribution in [-0.2, 0) is 10.8 Å². The molecule has 4 nitrogen and oxygen atoms in total. The van der Waals surface area contributed by atoms with Crippen LogP contribution in [0.5, 0.6) is 0 Å². The minimum absolute atomic E-state index is 0.0143. The van der Waals surface area contributed by atoms with Gasteiger partial charge in [-0.15, -0.1) is 0 Å². The molecular formula is C46H38N4. The topological polar surface area (TPSA) is 38.0 Å². The Morgan fingerprint density at radius 3 is 1.84 bits per heavy atom. The summed E-state index contributed by atoms with van der Waals surface area (Å²) in [6, 6.07) is 45.4. The molecule has 0 N–H and O–H groups in total. The van der Waals surface area contributed by atoms with Gasteiger partial charge in [-0.3, -0.25) is 0 Å². The summed E-state index contributed by atoms with van der Waals surface area (Å²) in [6.45, 7) is 21.1. The lowest BCUT2D eigenvalue weighted by Gasteiger charge is -2.19. The molecular weight excluding hydrogens is 609 g/mol. The molecule has 0 aliphatic heterocycles. The lowest BCUT2D eigenvalue weighted by molar-refractivity contribution is 0.591. The van der Waals surface area contributed by atoms with Gasteiger partial charge in [0.1, 0.15) is 0 Å². The standard InChI is InChI=1S/C46H38N4/c1-45(2,3)31-17-21-41-37(26-31)36-25-29(16-20-40(36)49(41)34-12-9-8-10-13-34)35-14-11-15-43-44(35)38-27-32(46(4,5)6)18-22-42(38)50(43)39-23-19-33(48-7)24-30(39)28-47/h8-27H,1-6H3. The second-order valence-corrected chi connectivity index (χ2v) is 15.3. The second-order valence-electron chi connectivity index (χ2n) is 15.3. The summed E-state index contributed by atoms with van der Waals surface area (Å²) in [5.74, 6) is 0. The van der Waals surface area contributed by atoms with Crippen molar-refractivity contribution >= 4 is 49.3 Å². The Morgan fingerprint density at radius 2 is 1.20 bits per heavy atom. The minimum Gasteiger partial charge on any atom is -0.309 e. The van der Waals surface area contributed by atoms with Gasteiger partial charge < -0.3 is 9.13 Å². The highest BCUT2D eigenvalue weighted by molar-refractivity contribution is 6.17. The maximum absolute atomic E-state index is 10.2. The molecule has 50 heavy (non-hydrogen) atoms. The van der Waals surface area contributed by atoms with Crippen molar-refractivity contribution < 1.29 is 0 Å². The normalized spacial score (nSPS) is 12.2. The van der Waals surface area contributed by atoms with Crippen LogP contribution >= 0.6 is 0 Å². The van der Waals surface area contributed by atoms with Crippen molar-refractivity contribution in [2.75, 3.05) is 0 Å². The van der Waals surface area contributed by atoms with Crippen LogP contribution in [-0.4, -0.2) is 9.13 Å². The molecule has 6 aromatic carbocycles. The first-order valence-electron chi connectivity index (χ1n) is 17.1. The Balaban J connectivity index is 1.47. The zero-order chi connectivity index (χ0) is 34.9. The monoisotopic (exact) mass is 646 g/mol. The first-order valence-corrected chi connectivity index (χ1v) is 17.1. The van der Waals surface area contributed by atoms with Crippen LogP contribution < -0.4 is 0 Å². The Labute approximate surface area is 293 Å². The van der Waals surface area contributed by atoms with Crippen molar-refractivity contribution in [2.45, 2.75) is 52.4 Å². The summed E-state index contributed by atoms with van der Waals surface area (Å²) in [5.41, 5.74) is 12.1. The van der Waals surface area contributed by atoms with Gasteiger partial charge in [0.2, 0.25) is 0 Å². The van der Waals surface area contributed by atoms with E-state index < -0.39 is 0 Å². The molecule has 8 rings (SSSR count). The molecule has 4 heteroatoms. The number of nitriles is 1. The molecule has 0 fully saturated rings. The summed E-state index contributed by atoms with van der Waals surface area (Å²) >= 11 is 0. The highest BCUT2D eigenvalue weighted by atomic mass is 15.0. The SMILES string of the molecule is [C-]#[N+]c1ccc(-n2c3ccc(C(C)(C)C)cc3c3c(-c4ccc5c(c4)c4cc(C(C)(C)C)ccc4n5-c4ccccc4)cccc32)c(C#N)c1. The first kappa shape index (κ1) is 31.2. The zero-order valence-electron chi connectivity index (χ0n) is 29.3. The molecule has 0 atom stereocenters. The van der Waals surface area contributed by atoms with Gasteiger partial charge in [0.05, 0.1) is 46.0 Å². The van der Waals surface area contributed by atoms with E-state index in [4.69, 9.17) is 6.57 Å². The molecule has 242 valence electrons. The Kier molecular flexibility index (Phi) is 7.00. The summed E-state index contributed by atoms with van der Waals surface area (Å²) in [7, 11) is 0. The molecule has 0 aliphatic rings. The Hall–Kier alpha value is -6.10. The van der Waals surface area contributed by atoms with Crippen molar-refractivity contribution in [2.24, 2.45) is 0 Å². The van der Waals surface area contributed by atoms with E-state index in [2.05, 4.69) is 165 Å². The van der Waals surface area contributed by atoms with E-state index in [1.807, 2.05) is 6.07 Å². The minimum atomic E-state index is -0.0460. The molecule has 0 radical (unpaired) electrons. The van der Waals surface area contributed by atoms with Crippen LogP contribution in [0.3, 0.4) is 0 Å². The van der Waals surface area contributed by atoms with Crippen molar-refractivity contribution in [3.05, 3.63) is 149 Å². The van der Waals surface area contributed by atoms with Gasteiger partial charge in [-0.1, -0.05) is 96.1 Å². The summed E-state index contributed by atoms with van der Waals surface area (Å²) in [4.78, 5) is 3.59. The van der Waals surface area contributed by atoms with Crippen LogP contribution in [0.15, 0.2) is 121 Å². The predicted molar refractivity (Wildman–Crippen MR) is 209 cm³/mol. The molecule has 0 amide bonds. The van der Waals surface area contributed by atoms with Gasteiger partial charge in [-0.05, 0) is 99.8 Å². The molecule has 0 saturated carbocycles. The second kappa shape index (κ2) is 11.2. The maximum atomic E-state index is 10.2. The number of hydrogen-bond acceptors (Lipinski definition) is 1. The molecule has 0 aliphatic carbocycles. The van der Waals surface area contributed by atoms with Crippen LogP contribution in [0.4, 0.5) is 5.69 Å². The number of hydrogen-bond donors (Lipinski definition) is 0. The van der Waals surface area contributed by atoms with E-state index in [0.29, 0.717) is 11.3 Å². The van der Waals surface area contributed by atoms with Gasteiger partial charge >= 0.3 is 0 Å². The molecule has 0 bridgehead atoms. The smallest absolute Gasteiger partial charge is 0.188 e. The van der Waals surface area contributed by atoms with Crippen LogP contribution in [0.2, 0.25) is 0 Å². The van der Waals surface area contributed by atoms with Gasteiger partial charge in [0, 0.05) is 27.2 Å². The van der Waals surface area contributed by atoms with E-state index in [1.165, 1.54) is 32.9 Å². The van der Waals surface area contributed by atoms with Crippen molar-refractivity contribution in [1.29, 1.82) is 5.26 Å². The molecule has 8 aromatic rings. The third-order valence-electron chi connectivity index (χ3n) is 10.1. The van der Waals surface area contributed by atoms with Crippen molar-refractivity contribution in [1.82, 2.24) is 9.13 Å². The number of para-hydroxylation sites is 1. The third-order valence-corrected chi connectivity index (χ3v) is 10.1. The first-order chi connectivity index (χ1) is 24.0. The van der Waals surface area contributed by atoms with Crippen LogP contribution in [0, 0.1) is 17.9 Å². The quantitative estimate of drug-likeness (QED) is 0.176. The van der Waals surface area contributed by atoms with E-state index in [1.54, 1.807) is 12.1 Å². The molecule has 0 spiro atoms. The zero-order valence-corrected chi connectivity index (χ0v) is 29.3. The molecule has 0 saturated heterocycles. The predicted octanol–water partition coefficient (Wildman–Crippen LogP) is 12.6. The summed E-state index contributed by atoms with van der Waals surface area (Å²) in [5, 5.41) is 15.0. The largest absolute Gasteiger partial charge is 0.309 e. The number of aromatic nitrogens is 2. The van der Waals surface area contributed by atoms with Gasteiger partial charge in [-0.2, -0.15) is 5.26 Å². The number of nitrogens with zero attached hydrogens (tertiary/aromatic N) is 4. The van der Waals surface area contributed by atoms with E-state index in [0.717, 1.165) is 44.3 Å². The van der Waals surface area contributed by atoms with E-state index in [9.17, 15) is 5.26 Å². The van der Waals surface area contributed by atoms with Gasteiger partial charge in [0.15, 0.2) is 5.69 Å². The Morgan fingerprint density at radius 1 is 0.580 bits per heavy atom. The lowest BCUT2D eigenvalue weighted by atomic mass is 9.86. The van der Waals surface area contributed by atoms with Gasteiger partial charge in [0.25, 0.3) is 0 Å². The van der Waals surface area contributed by atoms with Crippen molar-refractivity contribution in [3.63, 3.8) is 0 Å². The fraction of sp³-hybridized carbons (Fsp3) is 0.174. The highest BCUT2D eigenvalue weighted by Gasteiger charge is 2.23. The van der Waals surface area contributed by atoms with Crippen LogP contribution in [0.25, 0.3) is 71.0 Å². The number of benzene rings is 6. The summed E-state index contributed by atoms with van der Waals surface area (Å²) in [6.07, 6.45) is 0. The lowest BCUT2D eigenvalue weighted by Crippen LogP contribution is -2.10. The summed E-state index contributed by atoms with van der Waals surface area (Å²) < 4.78 is 4.57. The number of fused-ring (bicyclic) bond motifs is 6. The molecule has 2 aromatic heterocycles. The van der Waals surface area contributed by atoms with Crippen molar-refractivity contribution in [3.8, 4) is 28.6 Å². The third kappa shape index (κ3) is 4.88. The Bertz CT molecular complexity index is 2730. The maximum Gasteiger partial charge on any atom is 0.188 e. The number of rotatable bonds is 3. The average Bonchev–Trinajstić information content (AvgIpc) is 3.62. The van der Waals surface area contributed by atoms with Crippen LogP contribution in [0.1, 0.15) is 58.2 Å². The van der Waals surface area contributed by atoms with E-state index in [-0.39, 0.29) is 10.8 Å². The molecule has 2 heterocycles. The van der Waals surface area contributed by atoms with Gasteiger partial charge in [-0.25, -0.2) is 4.85 Å². The average molecular weight is 647 g/mol.